The van der Waals surface area contributed by atoms with Crippen LogP contribution < -0.4 is 5.73 Å². The van der Waals surface area contributed by atoms with Crippen molar-refractivity contribution in [2.24, 2.45) is 17.1 Å². The summed E-state index contributed by atoms with van der Waals surface area (Å²) in [5, 5.41) is 0. The fraction of sp³-hybridized carbons (Fsp3) is 0.923. The molecule has 0 aromatic rings. The predicted octanol–water partition coefficient (Wildman–Crippen LogP) is 2.73. The van der Waals surface area contributed by atoms with Crippen LogP contribution in [0.1, 0.15) is 53.9 Å². The van der Waals surface area contributed by atoms with Gasteiger partial charge in [0.15, 0.2) is 0 Å². The monoisotopic (exact) mass is 229 g/mol. The molecule has 0 aromatic heterocycles. The van der Waals surface area contributed by atoms with Crippen LogP contribution in [-0.4, -0.2) is 18.6 Å². The average molecular weight is 229 g/mol. The van der Waals surface area contributed by atoms with E-state index in [9.17, 15) is 4.79 Å². The molecule has 2 N–H and O–H groups in total. The summed E-state index contributed by atoms with van der Waals surface area (Å²) in [4.78, 5) is 11.4. The van der Waals surface area contributed by atoms with E-state index in [1.165, 1.54) is 0 Å². The van der Waals surface area contributed by atoms with Crippen molar-refractivity contribution in [1.82, 2.24) is 0 Å². The largest absolute Gasteiger partial charge is 0.465 e. The summed E-state index contributed by atoms with van der Waals surface area (Å²) in [5.74, 6) is -0.132. The molecule has 0 aliphatic carbocycles. The fourth-order valence-electron chi connectivity index (χ4n) is 1.30. The van der Waals surface area contributed by atoms with Gasteiger partial charge < -0.3 is 10.5 Å². The minimum Gasteiger partial charge on any atom is -0.465 e. The smallest absolute Gasteiger partial charge is 0.323 e. The van der Waals surface area contributed by atoms with E-state index in [0.717, 1.165) is 19.3 Å². The first-order valence-electron chi connectivity index (χ1n) is 6.16. The van der Waals surface area contributed by atoms with Crippen LogP contribution in [0.4, 0.5) is 0 Å². The van der Waals surface area contributed by atoms with Crippen LogP contribution in [-0.2, 0) is 9.53 Å². The fourth-order valence-corrected chi connectivity index (χ4v) is 1.30. The van der Waals surface area contributed by atoms with E-state index in [2.05, 4.69) is 20.8 Å². The molecule has 0 saturated heterocycles. The van der Waals surface area contributed by atoms with Gasteiger partial charge in [0.25, 0.3) is 0 Å². The molecule has 0 radical (unpaired) electrons. The lowest BCUT2D eigenvalue weighted by Gasteiger charge is -2.18. The third kappa shape index (κ3) is 7.69. The van der Waals surface area contributed by atoms with Gasteiger partial charge in [-0.15, -0.1) is 0 Å². The molecule has 1 atom stereocenters. The molecule has 0 heterocycles. The number of hydrogen-bond donors (Lipinski definition) is 1. The molecular formula is C13H27NO2. The third-order valence-corrected chi connectivity index (χ3v) is 2.56. The lowest BCUT2D eigenvalue weighted by Crippen LogP contribution is -2.37. The average Bonchev–Trinajstić information content (AvgIpc) is 2.13. The van der Waals surface area contributed by atoms with E-state index < -0.39 is 6.04 Å². The highest BCUT2D eigenvalue weighted by Crippen LogP contribution is 2.21. The summed E-state index contributed by atoms with van der Waals surface area (Å²) in [6.07, 6.45) is 3.17. The Hall–Kier alpha value is -0.570. The zero-order valence-corrected chi connectivity index (χ0v) is 11.4. The Kier molecular flexibility index (Phi) is 6.65. The van der Waals surface area contributed by atoms with Crippen molar-refractivity contribution in [1.29, 1.82) is 0 Å². The molecule has 16 heavy (non-hydrogen) atoms. The molecule has 0 saturated carbocycles. The summed E-state index contributed by atoms with van der Waals surface area (Å²) in [7, 11) is 0. The van der Waals surface area contributed by atoms with Gasteiger partial charge in [0.05, 0.1) is 6.61 Å². The second kappa shape index (κ2) is 6.89. The second-order valence-corrected chi connectivity index (χ2v) is 5.96. The Morgan fingerprint density at radius 2 is 1.81 bits per heavy atom. The van der Waals surface area contributed by atoms with Crippen LogP contribution in [0.25, 0.3) is 0 Å². The summed E-state index contributed by atoms with van der Waals surface area (Å²) in [6.45, 7) is 11.0. The van der Waals surface area contributed by atoms with Crippen molar-refractivity contribution in [3.63, 3.8) is 0 Å². The molecule has 0 unspecified atom stereocenters. The number of carbonyl (C=O) groups is 1. The second-order valence-electron chi connectivity index (χ2n) is 5.96. The minimum atomic E-state index is -0.484. The normalized spacial score (nSPS) is 13.9. The van der Waals surface area contributed by atoms with Crippen LogP contribution in [0, 0.1) is 11.3 Å². The maximum atomic E-state index is 11.4. The summed E-state index contributed by atoms with van der Waals surface area (Å²) >= 11 is 0. The van der Waals surface area contributed by atoms with Crippen LogP contribution in [0.2, 0.25) is 0 Å². The lowest BCUT2D eigenvalue weighted by molar-refractivity contribution is -0.146. The minimum absolute atomic E-state index is 0.141. The third-order valence-electron chi connectivity index (χ3n) is 2.56. The maximum Gasteiger partial charge on any atom is 0.323 e. The first kappa shape index (κ1) is 15.4. The van der Waals surface area contributed by atoms with Crippen molar-refractivity contribution >= 4 is 5.97 Å². The molecule has 0 amide bonds. The van der Waals surface area contributed by atoms with Gasteiger partial charge in [-0.2, -0.15) is 0 Å². The number of carbonyl (C=O) groups excluding carboxylic acids is 1. The first-order valence-corrected chi connectivity index (χ1v) is 6.16. The number of hydrogen-bond acceptors (Lipinski definition) is 3. The topological polar surface area (TPSA) is 52.3 Å². The molecule has 0 rings (SSSR count). The Bertz CT molecular complexity index is 206. The van der Waals surface area contributed by atoms with Gasteiger partial charge in [-0.05, 0) is 30.6 Å². The molecule has 0 aliphatic rings. The van der Waals surface area contributed by atoms with Crippen molar-refractivity contribution in [2.45, 2.75) is 59.9 Å². The Morgan fingerprint density at radius 3 is 2.25 bits per heavy atom. The van der Waals surface area contributed by atoms with E-state index in [-0.39, 0.29) is 11.9 Å². The molecule has 0 aliphatic heterocycles. The number of nitrogens with two attached hydrogens (primary N) is 1. The van der Waals surface area contributed by atoms with Crippen LogP contribution in [0.3, 0.4) is 0 Å². The van der Waals surface area contributed by atoms with Gasteiger partial charge >= 0.3 is 5.97 Å². The molecule has 96 valence electrons. The zero-order chi connectivity index (χ0) is 12.8. The zero-order valence-electron chi connectivity index (χ0n) is 11.4. The standard InChI is InChI=1S/C13H27NO2/c1-10(2)11(14)12(15)16-9-7-6-8-13(3,4)5/h10-11H,6-9,14H2,1-5H3/t11-/m1/s1. The predicted molar refractivity (Wildman–Crippen MR) is 67.1 cm³/mol. The number of unbranched alkanes of at least 4 members (excludes halogenated alkanes) is 1. The summed E-state index contributed by atoms with van der Waals surface area (Å²) < 4.78 is 5.12. The van der Waals surface area contributed by atoms with Gasteiger partial charge in [0, 0.05) is 0 Å². The number of ether oxygens (including phenoxy) is 1. The van der Waals surface area contributed by atoms with Crippen molar-refractivity contribution in [3.05, 3.63) is 0 Å². The van der Waals surface area contributed by atoms with Crippen molar-refractivity contribution in [3.8, 4) is 0 Å². The van der Waals surface area contributed by atoms with Crippen LogP contribution >= 0.6 is 0 Å². The van der Waals surface area contributed by atoms with Gasteiger partial charge in [-0.1, -0.05) is 34.6 Å². The van der Waals surface area contributed by atoms with Crippen LogP contribution in [0.5, 0.6) is 0 Å². The maximum absolute atomic E-state index is 11.4. The summed E-state index contributed by atoms with van der Waals surface area (Å²) in [6, 6.07) is -0.484. The summed E-state index contributed by atoms with van der Waals surface area (Å²) in [5.41, 5.74) is 6.03. The van der Waals surface area contributed by atoms with E-state index >= 15 is 0 Å². The Labute approximate surface area is 99.7 Å². The van der Waals surface area contributed by atoms with Gasteiger partial charge in [0.1, 0.15) is 6.04 Å². The Balaban J connectivity index is 3.56. The number of rotatable bonds is 6. The number of esters is 1. The van der Waals surface area contributed by atoms with E-state index in [1.54, 1.807) is 0 Å². The van der Waals surface area contributed by atoms with Crippen LogP contribution in [0.15, 0.2) is 0 Å². The molecule has 0 fully saturated rings. The highest BCUT2D eigenvalue weighted by Gasteiger charge is 2.18. The van der Waals surface area contributed by atoms with E-state index in [1.807, 2.05) is 13.8 Å². The Morgan fingerprint density at radius 1 is 1.25 bits per heavy atom. The van der Waals surface area contributed by atoms with Crippen molar-refractivity contribution < 1.29 is 9.53 Å². The van der Waals surface area contributed by atoms with Gasteiger partial charge in [-0.25, -0.2) is 0 Å². The molecule has 0 aromatic carbocycles. The lowest BCUT2D eigenvalue weighted by atomic mass is 9.90. The quantitative estimate of drug-likeness (QED) is 0.563. The highest BCUT2D eigenvalue weighted by molar-refractivity contribution is 5.75. The molecule has 0 bridgehead atoms. The van der Waals surface area contributed by atoms with E-state index in [0.29, 0.717) is 12.0 Å². The van der Waals surface area contributed by atoms with Gasteiger partial charge in [0.2, 0.25) is 0 Å². The van der Waals surface area contributed by atoms with Crippen molar-refractivity contribution in [2.75, 3.05) is 6.61 Å². The van der Waals surface area contributed by atoms with Gasteiger partial charge in [-0.3, -0.25) is 4.79 Å². The molecule has 0 spiro atoms. The first-order chi connectivity index (χ1) is 7.24. The molecule has 3 nitrogen and oxygen atoms in total. The highest BCUT2D eigenvalue weighted by atomic mass is 16.5. The molecular weight excluding hydrogens is 202 g/mol. The molecule has 3 heteroatoms. The SMILES string of the molecule is CC(C)[C@@H](N)C(=O)OCCCCC(C)(C)C. The van der Waals surface area contributed by atoms with E-state index in [4.69, 9.17) is 10.5 Å².